The second-order valence-electron chi connectivity index (χ2n) is 5.81. The van der Waals surface area contributed by atoms with Crippen LogP contribution in [0, 0.1) is 5.92 Å². The third-order valence-electron chi connectivity index (χ3n) is 3.21. The van der Waals surface area contributed by atoms with Crippen LogP contribution in [-0.2, 0) is 23.1 Å². The second kappa shape index (κ2) is 7.39. The van der Waals surface area contributed by atoms with Crippen molar-refractivity contribution >= 4 is 15.7 Å². The van der Waals surface area contributed by atoms with Gasteiger partial charge in [-0.2, -0.15) is 0 Å². The van der Waals surface area contributed by atoms with Gasteiger partial charge in [0, 0.05) is 11.9 Å². The molecular formula is C12H26BO6P. The molecule has 5 atom stereocenters. The highest BCUT2D eigenvalue weighted by Gasteiger charge is 2.44. The summed E-state index contributed by atoms with van der Waals surface area (Å²) in [7, 11) is -2.16. The van der Waals surface area contributed by atoms with Gasteiger partial charge in [-0.15, -0.1) is 0 Å². The van der Waals surface area contributed by atoms with Crippen LogP contribution < -0.4 is 0 Å². The molecule has 1 unspecified atom stereocenters. The highest BCUT2D eigenvalue weighted by molar-refractivity contribution is 7.47. The zero-order chi connectivity index (χ0) is 15.5. The minimum Gasteiger partial charge on any atom is -0.379 e. The molecular weight excluding hydrogens is 282 g/mol. The van der Waals surface area contributed by atoms with Crippen molar-refractivity contribution in [2.24, 2.45) is 5.92 Å². The van der Waals surface area contributed by atoms with Gasteiger partial charge >= 0.3 is 7.82 Å². The van der Waals surface area contributed by atoms with Gasteiger partial charge in [-0.05, 0) is 27.7 Å². The molecule has 1 heterocycles. The van der Waals surface area contributed by atoms with Crippen LogP contribution in [-0.4, -0.2) is 49.8 Å². The number of ether oxygens (including phenoxy) is 2. The lowest BCUT2D eigenvalue weighted by Gasteiger charge is -2.25. The summed E-state index contributed by atoms with van der Waals surface area (Å²) in [6.45, 7) is 9.48. The normalized spacial score (nSPS) is 33.8. The topological polar surface area (TPSA) is 74.2 Å². The molecule has 0 aromatic rings. The predicted octanol–water partition coefficient (Wildman–Crippen LogP) is 1.32. The first kappa shape index (κ1) is 18.1. The summed E-state index contributed by atoms with van der Waals surface area (Å²) in [5.41, 5.74) is 0. The summed E-state index contributed by atoms with van der Waals surface area (Å²) in [5.74, 6) is -0.00741. The smallest absolute Gasteiger partial charge is 0.379 e. The molecule has 0 amide bonds. The van der Waals surface area contributed by atoms with Crippen molar-refractivity contribution in [2.45, 2.75) is 65.0 Å². The SMILES string of the molecule is B[C@@H]1O[C@H](COC(C)C)[C@@H](OP(=O)(O)OC(C)C)[C@H]1C. The molecule has 1 saturated heterocycles. The summed E-state index contributed by atoms with van der Waals surface area (Å²) in [5, 5.41) is 0. The minimum atomic E-state index is -4.08. The van der Waals surface area contributed by atoms with Crippen molar-refractivity contribution in [3.8, 4) is 0 Å². The molecule has 1 N–H and O–H groups in total. The van der Waals surface area contributed by atoms with Gasteiger partial charge in [0.05, 0.1) is 18.8 Å². The molecule has 0 aromatic carbocycles. The molecule has 1 fully saturated rings. The van der Waals surface area contributed by atoms with E-state index >= 15 is 0 Å². The van der Waals surface area contributed by atoms with E-state index in [1.165, 1.54) is 0 Å². The molecule has 0 aromatic heterocycles. The van der Waals surface area contributed by atoms with Crippen molar-refractivity contribution in [3.05, 3.63) is 0 Å². The van der Waals surface area contributed by atoms with E-state index in [1.54, 1.807) is 13.8 Å². The van der Waals surface area contributed by atoms with Crippen LogP contribution in [0.2, 0.25) is 0 Å². The Labute approximate surface area is 122 Å². The molecule has 118 valence electrons. The third kappa shape index (κ3) is 5.47. The molecule has 8 heteroatoms. The highest BCUT2D eigenvalue weighted by atomic mass is 31.2. The standard InChI is InChI=1S/C12H26BO6P/c1-7(2)16-6-10-11(9(5)12(13)17-10)19-20(14,15)18-8(3)4/h7-12H,6,13H2,1-5H3,(H,14,15)/t9-,10-,11+,12-/m1/s1. The van der Waals surface area contributed by atoms with Gasteiger partial charge in [-0.1, -0.05) is 6.92 Å². The molecule has 20 heavy (non-hydrogen) atoms. The largest absolute Gasteiger partial charge is 0.472 e. The van der Waals surface area contributed by atoms with Crippen LogP contribution in [0.25, 0.3) is 0 Å². The molecule has 1 rings (SSSR count). The Morgan fingerprint density at radius 1 is 1.30 bits per heavy atom. The fraction of sp³-hybridized carbons (Fsp3) is 1.00. The zero-order valence-corrected chi connectivity index (χ0v) is 14.0. The van der Waals surface area contributed by atoms with Gasteiger partial charge in [0.25, 0.3) is 0 Å². The fourth-order valence-corrected chi connectivity index (χ4v) is 3.33. The number of hydrogen-bond acceptors (Lipinski definition) is 5. The van der Waals surface area contributed by atoms with E-state index in [1.807, 2.05) is 28.6 Å². The van der Waals surface area contributed by atoms with Gasteiger partial charge in [0.2, 0.25) is 0 Å². The molecule has 0 bridgehead atoms. The summed E-state index contributed by atoms with van der Waals surface area (Å²) in [6.07, 6.45) is -1.19. The van der Waals surface area contributed by atoms with Crippen LogP contribution >= 0.6 is 7.82 Å². The predicted molar refractivity (Wildman–Crippen MR) is 78.4 cm³/mol. The van der Waals surface area contributed by atoms with Crippen molar-refractivity contribution in [3.63, 3.8) is 0 Å². The quantitative estimate of drug-likeness (QED) is 0.565. The fourth-order valence-electron chi connectivity index (χ4n) is 2.11. The van der Waals surface area contributed by atoms with E-state index in [-0.39, 0.29) is 30.2 Å². The number of phosphoric ester groups is 1. The third-order valence-corrected chi connectivity index (χ3v) is 4.41. The molecule has 1 aliphatic heterocycles. The maximum absolute atomic E-state index is 11.9. The average molecular weight is 308 g/mol. The Morgan fingerprint density at radius 2 is 1.90 bits per heavy atom. The van der Waals surface area contributed by atoms with Crippen LogP contribution in [0.15, 0.2) is 0 Å². The van der Waals surface area contributed by atoms with E-state index in [0.717, 1.165) is 0 Å². The summed E-state index contributed by atoms with van der Waals surface area (Å²) in [6, 6.07) is -0.0557. The van der Waals surface area contributed by atoms with Gasteiger partial charge < -0.3 is 14.4 Å². The lowest BCUT2D eigenvalue weighted by atomic mass is 9.86. The Balaban J connectivity index is 2.69. The molecule has 0 saturated carbocycles. The van der Waals surface area contributed by atoms with E-state index in [0.29, 0.717) is 6.61 Å². The average Bonchev–Trinajstić information content (AvgIpc) is 2.52. The Bertz CT molecular complexity index is 351. The van der Waals surface area contributed by atoms with Crippen molar-refractivity contribution in [2.75, 3.05) is 6.61 Å². The summed E-state index contributed by atoms with van der Waals surface area (Å²) >= 11 is 0. The number of hydrogen-bond donors (Lipinski definition) is 1. The number of phosphoric acid groups is 1. The number of rotatable bonds is 7. The van der Waals surface area contributed by atoms with Crippen molar-refractivity contribution in [1.29, 1.82) is 0 Å². The zero-order valence-electron chi connectivity index (χ0n) is 13.1. The summed E-state index contributed by atoms with van der Waals surface area (Å²) < 4.78 is 33.5. The summed E-state index contributed by atoms with van der Waals surface area (Å²) in [4.78, 5) is 9.76. The van der Waals surface area contributed by atoms with Gasteiger partial charge in [0.1, 0.15) is 20.1 Å². The highest BCUT2D eigenvalue weighted by Crippen LogP contribution is 2.49. The van der Waals surface area contributed by atoms with Crippen LogP contribution in [0.4, 0.5) is 0 Å². The van der Waals surface area contributed by atoms with E-state index < -0.39 is 13.9 Å². The van der Waals surface area contributed by atoms with Crippen LogP contribution in [0.3, 0.4) is 0 Å². The van der Waals surface area contributed by atoms with E-state index in [4.69, 9.17) is 18.5 Å². The second-order valence-corrected chi connectivity index (χ2v) is 7.17. The van der Waals surface area contributed by atoms with E-state index in [2.05, 4.69) is 0 Å². The van der Waals surface area contributed by atoms with Crippen LogP contribution in [0.1, 0.15) is 34.6 Å². The first-order valence-electron chi connectivity index (χ1n) is 7.09. The van der Waals surface area contributed by atoms with Gasteiger partial charge in [-0.25, -0.2) is 4.57 Å². The van der Waals surface area contributed by atoms with Crippen molar-refractivity contribution in [1.82, 2.24) is 0 Å². The lowest BCUT2D eigenvalue weighted by Crippen LogP contribution is -2.33. The monoisotopic (exact) mass is 308 g/mol. The molecule has 6 nitrogen and oxygen atoms in total. The first-order valence-corrected chi connectivity index (χ1v) is 8.58. The Kier molecular flexibility index (Phi) is 6.70. The molecule has 0 spiro atoms. The lowest BCUT2D eigenvalue weighted by molar-refractivity contribution is -0.0488. The maximum Gasteiger partial charge on any atom is 0.472 e. The van der Waals surface area contributed by atoms with E-state index in [9.17, 15) is 9.46 Å². The van der Waals surface area contributed by atoms with Gasteiger partial charge in [-0.3, -0.25) is 9.05 Å². The Morgan fingerprint density at radius 3 is 2.40 bits per heavy atom. The molecule has 1 aliphatic rings. The van der Waals surface area contributed by atoms with Gasteiger partial charge in [0.15, 0.2) is 0 Å². The van der Waals surface area contributed by atoms with Crippen molar-refractivity contribution < 1.29 is 28.0 Å². The molecule has 0 aliphatic carbocycles. The van der Waals surface area contributed by atoms with Crippen LogP contribution in [0.5, 0.6) is 0 Å². The molecule has 0 radical (unpaired) electrons. The Hall–Kier alpha value is 0.0949. The maximum atomic E-state index is 11.9. The minimum absolute atomic E-state index is 0.00741. The first-order chi connectivity index (χ1) is 9.12.